The lowest BCUT2D eigenvalue weighted by atomic mass is 10.0. The number of nitrogens with one attached hydrogen (secondary N) is 2. The van der Waals surface area contributed by atoms with Gasteiger partial charge in [-0.3, -0.25) is 9.59 Å². The molecule has 0 saturated heterocycles. The first kappa shape index (κ1) is 22.0. The highest BCUT2D eigenvalue weighted by atomic mass is 32.1. The van der Waals surface area contributed by atoms with Gasteiger partial charge in [0.25, 0.3) is 5.91 Å². The van der Waals surface area contributed by atoms with Crippen LogP contribution in [0.2, 0.25) is 0 Å². The molecule has 3 amide bonds. The van der Waals surface area contributed by atoms with Crippen molar-refractivity contribution in [2.24, 2.45) is 5.92 Å². The standard InChI is InChI=1S/C18H29N3O4S/c1-12(2)14(20-15(22)13-8-7-11-26-13)16(23)19-9-10-21(6)17(24)25-18(3,4)5/h7-8,11-12,14H,9-10H2,1-6H3,(H,19,23)(H,20,22)/t14-/m1/s1. The zero-order valence-electron chi connectivity index (χ0n) is 16.3. The zero-order valence-corrected chi connectivity index (χ0v) is 17.1. The third-order valence-electron chi connectivity index (χ3n) is 3.43. The maximum absolute atomic E-state index is 12.4. The first-order valence-corrected chi connectivity index (χ1v) is 9.45. The fourth-order valence-electron chi connectivity index (χ4n) is 2.04. The molecule has 1 rings (SSSR count). The molecule has 1 aromatic heterocycles. The summed E-state index contributed by atoms with van der Waals surface area (Å²) in [6.45, 7) is 9.70. The number of carbonyl (C=O) groups is 3. The number of carbonyl (C=O) groups excluding carboxylic acids is 3. The van der Waals surface area contributed by atoms with Gasteiger partial charge in [-0.15, -0.1) is 11.3 Å². The van der Waals surface area contributed by atoms with Crippen LogP contribution in [0.25, 0.3) is 0 Å². The predicted octanol–water partition coefficient (Wildman–Crippen LogP) is 2.49. The van der Waals surface area contributed by atoms with Gasteiger partial charge >= 0.3 is 6.09 Å². The quantitative estimate of drug-likeness (QED) is 0.757. The molecule has 2 N–H and O–H groups in total. The zero-order chi connectivity index (χ0) is 19.9. The first-order chi connectivity index (χ1) is 12.0. The molecular weight excluding hydrogens is 354 g/mol. The Morgan fingerprint density at radius 3 is 2.42 bits per heavy atom. The van der Waals surface area contributed by atoms with Gasteiger partial charge in [0.15, 0.2) is 0 Å². The third kappa shape index (κ3) is 7.43. The van der Waals surface area contributed by atoms with Crippen molar-refractivity contribution < 1.29 is 19.1 Å². The Morgan fingerprint density at radius 1 is 1.27 bits per heavy atom. The summed E-state index contributed by atoms with van der Waals surface area (Å²) in [5.41, 5.74) is -0.566. The summed E-state index contributed by atoms with van der Waals surface area (Å²) in [5.74, 6) is -0.607. The summed E-state index contributed by atoms with van der Waals surface area (Å²) < 4.78 is 5.26. The van der Waals surface area contributed by atoms with Crippen LogP contribution in [0.1, 0.15) is 44.3 Å². The second-order valence-electron chi connectivity index (χ2n) is 7.37. The van der Waals surface area contributed by atoms with Crippen LogP contribution in [-0.4, -0.2) is 54.6 Å². The van der Waals surface area contributed by atoms with Crippen molar-refractivity contribution in [1.82, 2.24) is 15.5 Å². The fraction of sp³-hybridized carbons (Fsp3) is 0.611. The van der Waals surface area contributed by atoms with Crippen LogP contribution in [0.5, 0.6) is 0 Å². The molecule has 0 radical (unpaired) electrons. The fourth-order valence-corrected chi connectivity index (χ4v) is 2.67. The molecular formula is C18H29N3O4S. The number of likely N-dealkylation sites (N-methyl/N-ethyl adjacent to an activating group) is 1. The number of ether oxygens (including phenoxy) is 1. The summed E-state index contributed by atoms with van der Waals surface area (Å²) in [7, 11) is 1.61. The first-order valence-electron chi connectivity index (χ1n) is 8.57. The Hall–Kier alpha value is -2.09. The van der Waals surface area contributed by atoms with Crippen LogP contribution < -0.4 is 10.6 Å². The number of thiophene rings is 1. The van der Waals surface area contributed by atoms with Crippen LogP contribution in [-0.2, 0) is 9.53 Å². The molecule has 0 aliphatic rings. The molecule has 1 heterocycles. The van der Waals surface area contributed by atoms with E-state index in [2.05, 4.69) is 10.6 Å². The summed E-state index contributed by atoms with van der Waals surface area (Å²) >= 11 is 1.32. The van der Waals surface area contributed by atoms with E-state index in [-0.39, 0.29) is 24.3 Å². The molecule has 7 nitrogen and oxygen atoms in total. The van der Waals surface area contributed by atoms with E-state index in [1.165, 1.54) is 16.2 Å². The largest absolute Gasteiger partial charge is 0.444 e. The summed E-state index contributed by atoms with van der Waals surface area (Å²) in [6.07, 6.45) is -0.446. The Bertz CT molecular complexity index is 608. The van der Waals surface area contributed by atoms with Crippen molar-refractivity contribution in [3.05, 3.63) is 22.4 Å². The molecule has 0 bridgehead atoms. The molecule has 0 aliphatic heterocycles. The van der Waals surface area contributed by atoms with E-state index in [0.29, 0.717) is 11.4 Å². The van der Waals surface area contributed by atoms with Gasteiger partial charge in [0.05, 0.1) is 4.88 Å². The van der Waals surface area contributed by atoms with Gasteiger partial charge in [-0.2, -0.15) is 0 Å². The molecule has 0 saturated carbocycles. The smallest absolute Gasteiger partial charge is 0.410 e. The second kappa shape index (κ2) is 9.56. The van der Waals surface area contributed by atoms with Crippen LogP contribution >= 0.6 is 11.3 Å². The molecule has 146 valence electrons. The van der Waals surface area contributed by atoms with E-state index in [1.807, 2.05) is 19.2 Å². The molecule has 1 aromatic rings. The van der Waals surface area contributed by atoms with E-state index in [1.54, 1.807) is 40.0 Å². The van der Waals surface area contributed by atoms with Gasteiger partial charge in [0.1, 0.15) is 11.6 Å². The third-order valence-corrected chi connectivity index (χ3v) is 4.30. The number of nitrogens with zero attached hydrogens (tertiary/aromatic N) is 1. The average molecular weight is 384 g/mol. The number of amides is 3. The summed E-state index contributed by atoms with van der Waals surface area (Å²) in [4.78, 5) is 38.4. The van der Waals surface area contributed by atoms with Crippen LogP contribution in [0.15, 0.2) is 17.5 Å². The molecule has 1 atom stereocenters. The van der Waals surface area contributed by atoms with Gasteiger partial charge in [-0.25, -0.2) is 4.79 Å². The lowest BCUT2D eigenvalue weighted by Gasteiger charge is -2.25. The molecule has 8 heteroatoms. The van der Waals surface area contributed by atoms with Crippen molar-refractivity contribution in [3.8, 4) is 0 Å². The van der Waals surface area contributed by atoms with E-state index in [4.69, 9.17) is 4.74 Å². The predicted molar refractivity (Wildman–Crippen MR) is 102 cm³/mol. The Balaban J connectivity index is 2.50. The Morgan fingerprint density at radius 2 is 1.92 bits per heavy atom. The van der Waals surface area contributed by atoms with E-state index >= 15 is 0 Å². The summed E-state index contributed by atoms with van der Waals surface area (Å²) in [5, 5.41) is 7.34. The molecule has 0 aliphatic carbocycles. The van der Waals surface area contributed by atoms with Crippen molar-refractivity contribution in [2.75, 3.05) is 20.1 Å². The van der Waals surface area contributed by atoms with E-state index in [0.717, 1.165) is 0 Å². The summed E-state index contributed by atoms with van der Waals surface area (Å²) in [6, 6.07) is 2.86. The number of hydrogen-bond donors (Lipinski definition) is 2. The topological polar surface area (TPSA) is 87.7 Å². The van der Waals surface area contributed by atoms with Crippen molar-refractivity contribution in [3.63, 3.8) is 0 Å². The van der Waals surface area contributed by atoms with Crippen LogP contribution in [0.4, 0.5) is 4.79 Å². The monoisotopic (exact) mass is 383 g/mol. The molecule has 0 unspecified atom stereocenters. The van der Waals surface area contributed by atoms with Crippen molar-refractivity contribution in [1.29, 1.82) is 0 Å². The Labute approximate surface area is 159 Å². The minimum absolute atomic E-state index is 0.0671. The van der Waals surface area contributed by atoms with Crippen LogP contribution in [0.3, 0.4) is 0 Å². The van der Waals surface area contributed by atoms with E-state index in [9.17, 15) is 14.4 Å². The van der Waals surface area contributed by atoms with Gasteiger partial charge in [-0.05, 0) is 38.1 Å². The lowest BCUT2D eigenvalue weighted by Crippen LogP contribution is -2.51. The maximum Gasteiger partial charge on any atom is 0.410 e. The molecule has 26 heavy (non-hydrogen) atoms. The maximum atomic E-state index is 12.4. The Kier molecular flexibility index (Phi) is 8.08. The van der Waals surface area contributed by atoms with Crippen molar-refractivity contribution in [2.45, 2.75) is 46.3 Å². The minimum Gasteiger partial charge on any atom is -0.444 e. The van der Waals surface area contributed by atoms with Gasteiger partial charge in [0, 0.05) is 20.1 Å². The minimum atomic E-state index is -0.642. The van der Waals surface area contributed by atoms with Gasteiger partial charge in [-0.1, -0.05) is 19.9 Å². The molecule has 0 spiro atoms. The highest BCUT2D eigenvalue weighted by molar-refractivity contribution is 7.12. The van der Waals surface area contributed by atoms with Gasteiger partial charge in [0.2, 0.25) is 5.91 Å². The van der Waals surface area contributed by atoms with E-state index < -0.39 is 17.7 Å². The SMILES string of the molecule is CC(C)[C@@H](NC(=O)c1cccs1)C(=O)NCCN(C)C(=O)OC(C)(C)C. The molecule has 0 aromatic carbocycles. The highest BCUT2D eigenvalue weighted by Crippen LogP contribution is 2.11. The van der Waals surface area contributed by atoms with Crippen molar-refractivity contribution >= 4 is 29.2 Å². The lowest BCUT2D eigenvalue weighted by molar-refractivity contribution is -0.124. The number of hydrogen-bond acceptors (Lipinski definition) is 5. The highest BCUT2D eigenvalue weighted by Gasteiger charge is 2.25. The van der Waals surface area contributed by atoms with Crippen LogP contribution in [0, 0.1) is 5.92 Å². The second-order valence-corrected chi connectivity index (χ2v) is 8.31. The molecule has 0 fully saturated rings. The number of rotatable bonds is 7. The van der Waals surface area contributed by atoms with Gasteiger partial charge < -0.3 is 20.3 Å². The normalized spacial score (nSPS) is 12.4. The average Bonchev–Trinajstić information content (AvgIpc) is 3.04.